The lowest BCUT2D eigenvalue weighted by atomic mass is 10.1. The second-order valence-electron chi connectivity index (χ2n) is 5.14. The van der Waals surface area contributed by atoms with E-state index in [0.717, 1.165) is 16.0 Å². The lowest BCUT2D eigenvalue weighted by Crippen LogP contribution is -2.43. The molecule has 2 aromatic heterocycles. The molecule has 6 heteroatoms. The first-order valence-corrected chi connectivity index (χ1v) is 7.96. The van der Waals surface area contributed by atoms with Gasteiger partial charge in [0.15, 0.2) is 0 Å². The third kappa shape index (κ3) is 2.30. The number of thiazole rings is 1. The van der Waals surface area contributed by atoms with Gasteiger partial charge in [-0.15, -0.1) is 11.3 Å². The molecule has 1 amide bonds. The molecule has 1 fully saturated rings. The van der Waals surface area contributed by atoms with Gasteiger partial charge in [0.2, 0.25) is 0 Å². The quantitative estimate of drug-likeness (QED) is 0.729. The van der Waals surface area contributed by atoms with Gasteiger partial charge in [-0.3, -0.25) is 4.79 Å². The second kappa shape index (κ2) is 5.55. The Bertz CT molecular complexity index is 797. The molecule has 0 bridgehead atoms. The highest BCUT2D eigenvalue weighted by atomic mass is 32.1. The zero-order chi connectivity index (χ0) is 14.9. The Morgan fingerprint density at radius 3 is 3.18 bits per heavy atom. The Balaban J connectivity index is 1.67. The number of nitrogens with zero attached hydrogens (tertiary/aromatic N) is 2. The predicted octanol–water partition coefficient (Wildman–Crippen LogP) is 3.10. The van der Waals surface area contributed by atoms with Crippen LogP contribution in [-0.2, 0) is 4.74 Å². The van der Waals surface area contributed by atoms with Crippen molar-refractivity contribution in [2.24, 2.45) is 0 Å². The number of ether oxygens (including phenoxy) is 1. The molecule has 1 aliphatic rings. The maximum absolute atomic E-state index is 12.9. The Labute approximate surface area is 131 Å². The Morgan fingerprint density at radius 1 is 1.36 bits per heavy atom. The van der Waals surface area contributed by atoms with Crippen LogP contribution >= 0.6 is 11.3 Å². The van der Waals surface area contributed by atoms with Crippen LogP contribution in [-0.4, -0.2) is 35.5 Å². The average Bonchev–Trinajstić information content (AvgIpc) is 3.24. The third-order valence-corrected chi connectivity index (χ3v) is 4.65. The number of hydrogen-bond donors (Lipinski definition) is 0. The monoisotopic (exact) mass is 314 g/mol. The minimum Gasteiger partial charge on any atom is -0.467 e. The number of furan rings is 1. The van der Waals surface area contributed by atoms with Crippen LogP contribution in [0.5, 0.6) is 0 Å². The standard InChI is InChI=1S/C16H14N2O3S/c19-16(11-3-4-15-12(8-11)17-10-22-15)18-5-7-20-9-13(18)14-2-1-6-21-14/h1-4,6,8,10,13H,5,7,9H2. The molecule has 0 saturated carbocycles. The Hall–Kier alpha value is -2.18. The van der Waals surface area contributed by atoms with Gasteiger partial charge in [0, 0.05) is 12.1 Å². The first-order chi connectivity index (χ1) is 10.8. The SMILES string of the molecule is O=C(c1ccc2scnc2c1)N1CCOCC1c1ccco1. The lowest BCUT2D eigenvalue weighted by Gasteiger charge is -2.34. The summed E-state index contributed by atoms with van der Waals surface area (Å²) in [6, 6.07) is 9.18. The van der Waals surface area contributed by atoms with Gasteiger partial charge in [-0.05, 0) is 30.3 Å². The van der Waals surface area contributed by atoms with Gasteiger partial charge in [-0.1, -0.05) is 0 Å². The first-order valence-electron chi connectivity index (χ1n) is 7.08. The van der Waals surface area contributed by atoms with Crippen molar-refractivity contribution < 1.29 is 13.9 Å². The summed E-state index contributed by atoms with van der Waals surface area (Å²) in [5, 5.41) is 0. The Morgan fingerprint density at radius 2 is 2.32 bits per heavy atom. The number of hydrogen-bond acceptors (Lipinski definition) is 5. The van der Waals surface area contributed by atoms with Crippen LogP contribution in [0.2, 0.25) is 0 Å². The number of carbonyl (C=O) groups excluding carboxylic acids is 1. The fraction of sp³-hybridized carbons (Fsp3) is 0.250. The van der Waals surface area contributed by atoms with Gasteiger partial charge < -0.3 is 14.1 Å². The highest BCUT2D eigenvalue weighted by Crippen LogP contribution is 2.27. The largest absolute Gasteiger partial charge is 0.467 e. The summed E-state index contributed by atoms with van der Waals surface area (Å²) in [4.78, 5) is 19.0. The Kier molecular flexibility index (Phi) is 3.40. The van der Waals surface area contributed by atoms with Gasteiger partial charge in [-0.25, -0.2) is 4.98 Å². The third-order valence-electron chi connectivity index (χ3n) is 3.84. The van der Waals surface area contributed by atoms with Crippen molar-refractivity contribution >= 4 is 27.5 Å². The molecule has 1 saturated heterocycles. The van der Waals surface area contributed by atoms with E-state index in [2.05, 4.69) is 4.98 Å². The number of morpholine rings is 1. The summed E-state index contributed by atoms with van der Waals surface area (Å²) in [6.45, 7) is 1.55. The summed E-state index contributed by atoms with van der Waals surface area (Å²) in [6.07, 6.45) is 1.62. The summed E-state index contributed by atoms with van der Waals surface area (Å²) in [5.74, 6) is 0.738. The fourth-order valence-electron chi connectivity index (χ4n) is 2.72. The molecule has 22 heavy (non-hydrogen) atoms. The van der Waals surface area contributed by atoms with E-state index in [1.54, 1.807) is 23.1 Å². The predicted molar refractivity (Wildman–Crippen MR) is 82.9 cm³/mol. The first kappa shape index (κ1) is 13.5. The molecule has 4 rings (SSSR count). The molecule has 0 spiro atoms. The molecule has 1 atom stereocenters. The normalized spacial score (nSPS) is 18.7. The molecular formula is C16H14N2O3S. The van der Waals surface area contributed by atoms with Crippen LogP contribution < -0.4 is 0 Å². The second-order valence-corrected chi connectivity index (χ2v) is 6.03. The molecule has 5 nitrogen and oxygen atoms in total. The molecule has 3 aromatic rings. The van der Waals surface area contributed by atoms with Crippen molar-refractivity contribution in [2.45, 2.75) is 6.04 Å². The number of rotatable bonds is 2. The maximum Gasteiger partial charge on any atom is 0.254 e. The van der Waals surface area contributed by atoms with E-state index >= 15 is 0 Å². The molecule has 0 N–H and O–H groups in total. The van der Waals surface area contributed by atoms with E-state index in [4.69, 9.17) is 9.15 Å². The van der Waals surface area contributed by atoms with Crippen LogP contribution in [0.15, 0.2) is 46.5 Å². The fourth-order valence-corrected chi connectivity index (χ4v) is 3.38. The highest BCUT2D eigenvalue weighted by Gasteiger charge is 2.31. The van der Waals surface area contributed by atoms with Crippen LogP contribution in [0, 0.1) is 0 Å². The molecule has 1 aromatic carbocycles. The molecule has 1 aliphatic heterocycles. The number of carbonyl (C=O) groups is 1. The van der Waals surface area contributed by atoms with Crippen molar-refractivity contribution in [3.8, 4) is 0 Å². The summed E-state index contributed by atoms with van der Waals surface area (Å²) >= 11 is 1.57. The van der Waals surface area contributed by atoms with E-state index in [-0.39, 0.29) is 11.9 Å². The van der Waals surface area contributed by atoms with Crippen LogP contribution in [0.1, 0.15) is 22.2 Å². The zero-order valence-corrected chi connectivity index (χ0v) is 12.6. The minimum atomic E-state index is -0.178. The van der Waals surface area contributed by atoms with E-state index in [1.807, 2.05) is 35.2 Å². The summed E-state index contributed by atoms with van der Waals surface area (Å²) < 4.78 is 12.1. The van der Waals surface area contributed by atoms with Crippen molar-refractivity contribution in [3.63, 3.8) is 0 Å². The van der Waals surface area contributed by atoms with E-state index < -0.39 is 0 Å². The van der Waals surface area contributed by atoms with Gasteiger partial charge in [0.05, 0.1) is 35.2 Å². The van der Waals surface area contributed by atoms with Crippen molar-refractivity contribution in [1.29, 1.82) is 0 Å². The maximum atomic E-state index is 12.9. The zero-order valence-electron chi connectivity index (χ0n) is 11.8. The molecule has 112 valence electrons. The molecule has 3 heterocycles. The lowest BCUT2D eigenvalue weighted by molar-refractivity contribution is -0.00874. The van der Waals surface area contributed by atoms with Crippen molar-refractivity contribution in [1.82, 2.24) is 9.88 Å². The number of aromatic nitrogens is 1. The van der Waals surface area contributed by atoms with Crippen LogP contribution in [0.25, 0.3) is 10.2 Å². The van der Waals surface area contributed by atoms with Gasteiger partial charge in [-0.2, -0.15) is 0 Å². The summed E-state index contributed by atoms with van der Waals surface area (Å²) in [7, 11) is 0. The van der Waals surface area contributed by atoms with Crippen molar-refractivity contribution in [3.05, 3.63) is 53.4 Å². The average molecular weight is 314 g/mol. The number of fused-ring (bicyclic) bond motifs is 1. The number of amides is 1. The molecule has 0 aliphatic carbocycles. The minimum absolute atomic E-state index is 0.0143. The van der Waals surface area contributed by atoms with Gasteiger partial charge in [0.1, 0.15) is 11.8 Å². The van der Waals surface area contributed by atoms with E-state index in [9.17, 15) is 4.79 Å². The van der Waals surface area contributed by atoms with E-state index in [0.29, 0.717) is 25.3 Å². The van der Waals surface area contributed by atoms with E-state index in [1.165, 1.54) is 0 Å². The molecule has 1 unspecified atom stereocenters. The molecule has 0 radical (unpaired) electrons. The smallest absolute Gasteiger partial charge is 0.254 e. The van der Waals surface area contributed by atoms with Crippen LogP contribution in [0.4, 0.5) is 0 Å². The van der Waals surface area contributed by atoms with Crippen LogP contribution in [0.3, 0.4) is 0 Å². The van der Waals surface area contributed by atoms with Gasteiger partial charge in [0.25, 0.3) is 5.91 Å². The summed E-state index contributed by atoms with van der Waals surface area (Å²) in [5.41, 5.74) is 3.30. The van der Waals surface area contributed by atoms with Crippen molar-refractivity contribution in [2.75, 3.05) is 19.8 Å². The molecular weight excluding hydrogens is 300 g/mol. The highest BCUT2D eigenvalue weighted by molar-refractivity contribution is 7.16. The number of benzene rings is 1. The van der Waals surface area contributed by atoms with Gasteiger partial charge >= 0.3 is 0 Å². The topological polar surface area (TPSA) is 55.6 Å².